The summed E-state index contributed by atoms with van der Waals surface area (Å²) in [7, 11) is 0. The fourth-order valence-corrected chi connectivity index (χ4v) is 2.84. The maximum Gasteiger partial charge on any atom is 0.0207 e. The zero-order valence-corrected chi connectivity index (χ0v) is 12.7. The van der Waals surface area contributed by atoms with Crippen molar-refractivity contribution >= 4 is 15.9 Å². The SMILES string of the molecule is Brc1ccccc1CCc1cc(-c2ccccc2)c[nH]1. The van der Waals surface area contributed by atoms with E-state index in [0.29, 0.717) is 0 Å². The van der Waals surface area contributed by atoms with Crippen LogP contribution in [0.5, 0.6) is 0 Å². The quantitative estimate of drug-likeness (QED) is 0.676. The van der Waals surface area contributed by atoms with Crippen LogP contribution >= 0.6 is 15.9 Å². The Labute approximate surface area is 127 Å². The molecule has 0 radical (unpaired) electrons. The molecule has 0 aliphatic carbocycles. The third-order valence-electron chi connectivity index (χ3n) is 3.47. The van der Waals surface area contributed by atoms with E-state index < -0.39 is 0 Å². The van der Waals surface area contributed by atoms with Gasteiger partial charge in [0.1, 0.15) is 0 Å². The minimum absolute atomic E-state index is 1.02. The van der Waals surface area contributed by atoms with Gasteiger partial charge in [-0.2, -0.15) is 0 Å². The van der Waals surface area contributed by atoms with Gasteiger partial charge in [-0.25, -0.2) is 0 Å². The lowest BCUT2D eigenvalue weighted by atomic mass is 10.1. The summed E-state index contributed by atoms with van der Waals surface area (Å²) in [4.78, 5) is 3.38. The number of aryl methyl sites for hydroxylation is 2. The molecule has 1 heterocycles. The van der Waals surface area contributed by atoms with Crippen molar-refractivity contribution in [1.29, 1.82) is 0 Å². The Hall–Kier alpha value is -1.80. The Morgan fingerprint density at radius 1 is 0.800 bits per heavy atom. The number of halogens is 1. The van der Waals surface area contributed by atoms with Gasteiger partial charge in [0.25, 0.3) is 0 Å². The van der Waals surface area contributed by atoms with Crippen LogP contribution in [-0.2, 0) is 12.8 Å². The van der Waals surface area contributed by atoms with E-state index in [1.54, 1.807) is 0 Å². The molecule has 1 nitrogen and oxygen atoms in total. The minimum atomic E-state index is 1.02. The van der Waals surface area contributed by atoms with Crippen molar-refractivity contribution in [1.82, 2.24) is 4.98 Å². The molecule has 0 aliphatic heterocycles. The molecule has 0 atom stereocenters. The molecular formula is C18H16BrN. The number of rotatable bonds is 4. The van der Waals surface area contributed by atoms with Gasteiger partial charge in [0, 0.05) is 16.4 Å². The van der Waals surface area contributed by atoms with Gasteiger partial charge in [0.15, 0.2) is 0 Å². The number of aromatic amines is 1. The molecule has 3 aromatic rings. The molecule has 0 saturated carbocycles. The zero-order chi connectivity index (χ0) is 13.8. The van der Waals surface area contributed by atoms with Crippen molar-refractivity contribution in [3.8, 4) is 11.1 Å². The molecule has 0 unspecified atom stereocenters. The third-order valence-corrected chi connectivity index (χ3v) is 4.25. The summed E-state index contributed by atoms with van der Waals surface area (Å²) in [5.41, 5.74) is 5.14. The van der Waals surface area contributed by atoms with E-state index in [2.05, 4.69) is 81.7 Å². The van der Waals surface area contributed by atoms with Crippen molar-refractivity contribution in [2.45, 2.75) is 12.8 Å². The summed E-state index contributed by atoms with van der Waals surface area (Å²) < 4.78 is 1.19. The second kappa shape index (κ2) is 6.10. The normalized spacial score (nSPS) is 10.7. The molecule has 0 aliphatic rings. The molecule has 0 saturated heterocycles. The molecule has 1 aromatic heterocycles. The van der Waals surface area contributed by atoms with Crippen LogP contribution in [0.25, 0.3) is 11.1 Å². The highest BCUT2D eigenvalue weighted by molar-refractivity contribution is 9.10. The molecular weight excluding hydrogens is 310 g/mol. The maximum atomic E-state index is 3.60. The molecule has 2 heteroatoms. The van der Waals surface area contributed by atoms with Crippen LogP contribution in [0.1, 0.15) is 11.3 Å². The number of benzene rings is 2. The molecule has 0 spiro atoms. The first-order chi connectivity index (χ1) is 9.83. The zero-order valence-electron chi connectivity index (χ0n) is 11.1. The van der Waals surface area contributed by atoms with Crippen LogP contribution < -0.4 is 0 Å². The largest absolute Gasteiger partial charge is 0.364 e. The van der Waals surface area contributed by atoms with Crippen molar-refractivity contribution in [2.75, 3.05) is 0 Å². The first kappa shape index (κ1) is 13.2. The molecule has 1 N–H and O–H groups in total. The lowest BCUT2D eigenvalue weighted by molar-refractivity contribution is 0.921. The first-order valence-electron chi connectivity index (χ1n) is 6.79. The number of aromatic nitrogens is 1. The lowest BCUT2D eigenvalue weighted by Gasteiger charge is -2.02. The topological polar surface area (TPSA) is 15.8 Å². The number of hydrogen-bond donors (Lipinski definition) is 1. The Kier molecular flexibility index (Phi) is 4.03. The summed E-state index contributed by atoms with van der Waals surface area (Å²) in [5, 5.41) is 0. The van der Waals surface area contributed by atoms with Gasteiger partial charge in [-0.05, 0) is 41.7 Å². The summed E-state index contributed by atoms with van der Waals surface area (Å²) in [6, 6.07) is 21.1. The second-order valence-corrected chi connectivity index (χ2v) is 5.73. The van der Waals surface area contributed by atoms with E-state index in [-0.39, 0.29) is 0 Å². The lowest BCUT2D eigenvalue weighted by Crippen LogP contribution is -1.92. The smallest absolute Gasteiger partial charge is 0.0207 e. The Morgan fingerprint density at radius 3 is 2.35 bits per heavy atom. The molecule has 0 fully saturated rings. The van der Waals surface area contributed by atoms with Crippen molar-refractivity contribution in [2.24, 2.45) is 0 Å². The van der Waals surface area contributed by atoms with Crippen LogP contribution in [0.15, 0.2) is 71.3 Å². The Balaban J connectivity index is 1.71. The van der Waals surface area contributed by atoms with E-state index in [4.69, 9.17) is 0 Å². The first-order valence-corrected chi connectivity index (χ1v) is 7.58. The summed E-state index contributed by atoms with van der Waals surface area (Å²) in [6.45, 7) is 0. The van der Waals surface area contributed by atoms with Gasteiger partial charge in [0.05, 0.1) is 0 Å². The predicted octanol–water partition coefficient (Wildman–Crippen LogP) is 5.23. The van der Waals surface area contributed by atoms with E-state index >= 15 is 0 Å². The van der Waals surface area contributed by atoms with Crippen molar-refractivity contribution in [3.63, 3.8) is 0 Å². The molecule has 20 heavy (non-hydrogen) atoms. The predicted molar refractivity (Wildman–Crippen MR) is 87.8 cm³/mol. The van der Waals surface area contributed by atoms with Gasteiger partial charge >= 0.3 is 0 Å². The van der Waals surface area contributed by atoms with Crippen LogP contribution in [0.4, 0.5) is 0 Å². The Bertz CT molecular complexity index is 685. The fraction of sp³-hybridized carbons (Fsp3) is 0.111. The maximum absolute atomic E-state index is 3.60. The van der Waals surface area contributed by atoms with E-state index in [1.165, 1.54) is 26.9 Å². The standard InChI is InChI=1S/C18H16BrN/c19-18-9-5-4-8-15(18)10-11-17-12-16(13-20-17)14-6-2-1-3-7-14/h1-9,12-13,20H,10-11H2. The third kappa shape index (κ3) is 3.02. The average molecular weight is 326 g/mol. The van der Waals surface area contributed by atoms with Crippen LogP contribution in [0, 0.1) is 0 Å². The highest BCUT2D eigenvalue weighted by Gasteiger charge is 2.03. The number of hydrogen-bond acceptors (Lipinski definition) is 0. The van der Waals surface area contributed by atoms with Crippen molar-refractivity contribution < 1.29 is 0 Å². The monoisotopic (exact) mass is 325 g/mol. The van der Waals surface area contributed by atoms with Crippen LogP contribution in [0.3, 0.4) is 0 Å². The summed E-state index contributed by atoms with van der Waals surface area (Å²) in [6.07, 6.45) is 4.15. The van der Waals surface area contributed by atoms with Gasteiger partial charge in [-0.3, -0.25) is 0 Å². The minimum Gasteiger partial charge on any atom is -0.364 e. The Morgan fingerprint density at radius 2 is 1.55 bits per heavy atom. The number of nitrogens with one attached hydrogen (secondary N) is 1. The fourth-order valence-electron chi connectivity index (χ4n) is 2.35. The highest BCUT2D eigenvalue weighted by atomic mass is 79.9. The van der Waals surface area contributed by atoms with Gasteiger partial charge < -0.3 is 4.98 Å². The summed E-state index contributed by atoms with van der Waals surface area (Å²) in [5.74, 6) is 0. The molecule has 2 aromatic carbocycles. The molecule has 3 rings (SSSR count). The van der Waals surface area contributed by atoms with Gasteiger partial charge in [0.2, 0.25) is 0 Å². The van der Waals surface area contributed by atoms with E-state index in [0.717, 1.165) is 12.8 Å². The molecule has 0 amide bonds. The molecule has 0 bridgehead atoms. The average Bonchev–Trinajstić information content (AvgIpc) is 2.96. The van der Waals surface area contributed by atoms with Gasteiger partial charge in [-0.15, -0.1) is 0 Å². The van der Waals surface area contributed by atoms with Crippen LogP contribution in [-0.4, -0.2) is 4.98 Å². The van der Waals surface area contributed by atoms with E-state index in [1.807, 2.05) is 6.07 Å². The van der Waals surface area contributed by atoms with Crippen LogP contribution in [0.2, 0.25) is 0 Å². The second-order valence-electron chi connectivity index (χ2n) is 4.87. The van der Waals surface area contributed by atoms with E-state index in [9.17, 15) is 0 Å². The van der Waals surface area contributed by atoms with Crippen molar-refractivity contribution in [3.05, 3.63) is 82.6 Å². The molecule has 100 valence electrons. The summed E-state index contributed by atoms with van der Waals surface area (Å²) >= 11 is 3.60. The number of H-pyrrole nitrogens is 1. The van der Waals surface area contributed by atoms with Gasteiger partial charge in [-0.1, -0.05) is 64.5 Å². The highest BCUT2D eigenvalue weighted by Crippen LogP contribution is 2.22.